The number of nitrogens with zero attached hydrogens (tertiary/aromatic N) is 2. The maximum Gasteiger partial charge on any atom is 0.187 e. The summed E-state index contributed by atoms with van der Waals surface area (Å²) in [6.45, 7) is 1.66. The first-order chi connectivity index (χ1) is 12.7. The summed E-state index contributed by atoms with van der Waals surface area (Å²) in [4.78, 5) is 6.92. The molecule has 0 atom stereocenters. The predicted octanol–water partition coefficient (Wildman–Crippen LogP) is 4.54. The van der Waals surface area contributed by atoms with Crippen molar-refractivity contribution in [3.05, 3.63) is 65.2 Å². The van der Waals surface area contributed by atoms with Crippen molar-refractivity contribution >= 4 is 22.2 Å². The van der Waals surface area contributed by atoms with Crippen LogP contribution in [0.2, 0.25) is 0 Å². The highest BCUT2D eigenvalue weighted by Crippen LogP contribution is 2.23. The van der Waals surface area contributed by atoms with Gasteiger partial charge in [-0.2, -0.15) is 0 Å². The van der Waals surface area contributed by atoms with Gasteiger partial charge in [0.25, 0.3) is 0 Å². The molecule has 1 N–H and O–H groups in total. The van der Waals surface area contributed by atoms with Crippen LogP contribution in [-0.4, -0.2) is 31.2 Å². The minimum absolute atomic E-state index is 0.798. The number of hydrogen-bond acceptors (Lipinski definition) is 6. The third-order valence-corrected chi connectivity index (χ3v) is 4.74. The molecule has 0 aliphatic carbocycles. The molecule has 0 spiro atoms. The van der Waals surface area contributed by atoms with E-state index in [9.17, 15) is 0 Å². The number of ether oxygens (including phenoxy) is 2. The Morgan fingerprint density at radius 2 is 1.54 bits per heavy atom. The number of hydrogen-bond donors (Lipinski definition) is 1. The molecule has 0 fully saturated rings. The Morgan fingerprint density at radius 3 is 2.15 bits per heavy atom. The monoisotopic (exact) mass is 369 g/mol. The van der Waals surface area contributed by atoms with Gasteiger partial charge in [-0.05, 0) is 49.0 Å². The average molecular weight is 369 g/mol. The zero-order valence-corrected chi connectivity index (χ0v) is 16.0. The number of thiazole rings is 1. The molecular formula is C20H23N3O2S. The van der Waals surface area contributed by atoms with Gasteiger partial charge in [0.2, 0.25) is 0 Å². The Kier molecular flexibility index (Phi) is 6.09. The molecule has 3 rings (SSSR count). The van der Waals surface area contributed by atoms with Crippen LogP contribution >= 0.6 is 11.3 Å². The van der Waals surface area contributed by atoms with E-state index in [1.807, 2.05) is 36.4 Å². The van der Waals surface area contributed by atoms with E-state index in [0.29, 0.717) is 0 Å². The fourth-order valence-electron chi connectivity index (χ4n) is 2.61. The lowest BCUT2D eigenvalue weighted by atomic mass is 10.2. The van der Waals surface area contributed by atoms with Gasteiger partial charge < -0.3 is 14.8 Å². The summed E-state index contributed by atoms with van der Waals surface area (Å²) in [7, 11) is 5.44. The van der Waals surface area contributed by atoms with E-state index >= 15 is 0 Å². The van der Waals surface area contributed by atoms with Crippen LogP contribution in [0.3, 0.4) is 0 Å². The normalized spacial score (nSPS) is 10.8. The van der Waals surface area contributed by atoms with E-state index < -0.39 is 0 Å². The van der Waals surface area contributed by atoms with Crippen molar-refractivity contribution in [2.24, 2.45) is 0 Å². The number of nitrogens with one attached hydrogen (secondary N) is 1. The lowest BCUT2D eigenvalue weighted by molar-refractivity contribution is 0.315. The smallest absolute Gasteiger partial charge is 0.187 e. The molecule has 1 heterocycles. The van der Waals surface area contributed by atoms with Gasteiger partial charge in [-0.3, -0.25) is 4.90 Å². The second kappa shape index (κ2) is 8.69. The Balaban J connectivity index is 1.54. The Labute approximate surface area is 158 Å². The molecule has 26 heavy (non-hydrogen) atoms. The molecule has 0 amide bonds. The Bertz CT molecular complexity index is 816. The molecule has 0 aliphatic heterocycles. The van der Waals surface area contributed by atoms with Crippen molar-refractivity contribution < 1.29 is 9.47 Å². The first kappa shape index (κ1) is 18.2. The SMILES string of the molecule is COc1ccc(CN(C)Cc2csc(Nc3ccc(OC)cc3)n2)cc1. The van der Waals surface area contributed by atoms with Gasteiger partial charge in [-0.15, -0.1) is 11.3 Å². The summed E-state index contributed by atoms with van der Waals surface area (Å²) in [5.74, 6) is 1.72. The fourth-order valence-corrected chi connectivity index (χ4v) is 3.33. The summed E-state index contributed by atoms with van der Waals surface area (Å²) in [6.07, 6.45) is 0. The van der Waals surface area contributed by atoms with E-state index in [2.05, 4.69) is 39.8 Å². The van der Waals surface area contributed by atoms with Gasteiger partial charge in [-0.25, -0.2) is 4.98 Å². The number of benzene rings is 2. The van der Waals surface area contributed by atoms with E-state index in [1.165, 1.54) is 5.56 Å². The average Bonchev–Trinajstić information content (AvgIpc) is 3.09. The number of anilines is 2. The third-order valence-electron chi connectivity index (χ3n) is 3.94. The largest absolute Gasteiger partial charge is 0.497 e. The zero-order valence-electron chi connectivity index (χ0n) is 15.2. The predicted molar refractivity (Wildman–Crippen MR) is 107 cm³/mol. The zero-order chi connectivity index (χ0) is 18.4. The number of aromatic nitrogens is 1. The van der Waals surface area contributed by atoms with Crippen LogP contribution in [-0.2, 0) is 13.1 Å². The maximum atomic E-state index is 5.20. The minimum atomic E-state index is 0.798. The first-order valence-electron chi connectivity index (χ1n) is 8.33. The van der Waals surface area contributed by atoms with Crippen molar-refractivity contribution in [3.63, 3.8) is 0 Å². The lowest BCUT2D eigenvalue weighted by Crippen LogP contribution is -2.17. The molecule has 0 unspecified atom stereocenters. The number of methoxy groups -OCH3 is 2. The molecule has 1 aromatic heterocycles. The molecule has 3 aromatic rings. The van der Waals surface area contributed by atoms with Crippen LogP contribution in [0.15, 0.2) is 53.9 Å². The third kappa shape index (κ3) is 4.97. The first-order valence-corrected chi connectivity index (χ1v) is 9.21. The van der Waals surface area contributed by atoms with Gasteiger partial charge >= 0.3 is 0 Å². The minimum Gasteiger partial charge on any atom is -0.497 e. The molecule has 6 heteroatoms. The van der Waals surface area contributed by atoms with Crippen molar-refractivity contribution in [3.8, 4) is 11.5 Å². The summed E-state index contributed by atoms with van der Waals surface area (Å²) in [6, 6.07) is 16.0. The molecule has 0 radical (unpaired) electrons. The molecule has 2 aromatic carbocycles. The molecule has 0 aliphatic rings. The number of rotatable bonds is 8. The molecule has 5 nitrogen and oxygen atoms in total. The van der Waals surface area contributed by atoms with E-state index in [4.69, 9.17) is 9.47 Å². The highest BCUT2D eigenvalue weighted by Gasteiger charge is 2.07. The summed E-state index contributed by atoms with van der Waals surface area (Å²) in [5, 5.41) is 6.32. The summed E-state index contributed by atoms with van der Waals surface area (Å²) in [5.41, 5.74) is 3.31. The molecule has 0 bridgehead atoms. The summed E-state index contributed by atoms with van der Waals surface area (Å²) >= 11 is 1.61. The molecule has 0 saturated heterocycles. The van der Waals surface area contributed by atoms with Crippen LogP contribution in [0.25, 0.3) is 0 Å². The van der Waals surface area contributed by atoms with Crippen molar-refractivity contribution in [1.82, 2.24) is 9.88 Å². The lowest BCUT2D eigenvalue weighted by Gasteiger charge is -2.15. The van der Waals surface area contributed by atoms with Crippen LogP contribution in [0.1, 0.15) is 11.3 Å². The quantitative estimate of drug-likeness (QED) is 0.632. The maximum absolute atomic E-state index is 5.20. The van der Waals surface area contributed by atoms with Crippen LogP contribution < -0.4 is 14.8 Å². The van der Waals surface area contributed by atoms with Gasteiger partial charge in [-0.1, -0.05) is 12.1 Å². The van der Waals surface area contributed by atoms with Gasteiger partial charge in [0, 0.05) is 24.2 Å². The van der Waals surface area contributed by atoms with Crippen molar-refractivity contribution in [2.45, 2.75) is 13.1 Å². The van der Waals surface area contributed by atoms with E-state index in [1.54, 1.807) is 25.6 Å². The highest BCUT2D eigenvalue weighted by atomic mass is 32.1. The van der Waals surface area contributed by atoms with Crippen LogP contribution in [0, 0.1) is 0 Å². The van der Waals surface area contributed by atoms with Gasteiger partial charge in [0.15, 0.2) is 5.13 Å². The van der Waals surface area contributed by atoms with Gasteiger partial charge in [0.1, 0.15) is 11.5 Å². The standard InChI is InChI=1S/C20H23N3O2S/c1-23(12-15-4-8-18(24-2)9-5-15)13-17-14-26-20(22-17)21-16-6-10-19(25-3)11-7-16/h4-11,14H,12-13H2,1-3H3,(H,21,22). The Morgan fingerprint density at radius 1 is 0.923 bits per heavy atom. The second-order valence-electron chi connectivity index (χ2n) is 6.02. The fraction of sp³-hybridized carbons (Fsp3) is 0.250. The van der Waals surface area contributed by atoms with Gasteiger partial charge in [0.05, 0.1) is 19.9 Å². The second-order valence-corrected chi connectivity index (χ2v) is 6.88. The van der Waals surface area contributed by atoms with Crippen molar-refractivity contribution in [2.75, 3.05) is 26.6 Å². The molecule has 0 saturated carbocycles. The topological polar surface area (TPSA) is 46.6 Å². The Hall–Kier alpha value is -2.57. The molecule has 136 valence electrons. The molecular weight excluding hydrogens is 346 g/mol. The van der Waals surface area contributed by atoms with Crippen LogP contribution in [0.4, 0.5) is 10.8 Å². The van der Waals surface area contributed by atoms with Crippen LogP contribution in [0.5, 0.6) is 11.5 Å². The van der Waals surface area contributed by atoms with E-state index in [-0.39, 0.29) is 0 Å². The summed E-state index contributed by atoms with van der Waals surface area (Å²) < 4.78 is 10.4. The van der Waals surface area contributed by atoms with Crippen molar-refractivity contribution in [1.29, 1.82) is 0 Å². The highest BCUT2D eigenvalue weighted by molar-refractivity contribution is 7.13. The van der Waals surface area contributed by atoms with E-state index in [0.717, 1.165) is 41.1 Å².